The Morgan fingerprint density at radius 2 is 0.547 bits per heavy atom. The van der Waals surface area contributed by atoms with Crippen molar-refractivity contribution in [1.29, 1.82) is 0 Å². The maximum atomic E-state index is 12.5. The molecule has 0 aliphatic heterocycles. The lowest BCUT2D eigenvalue weighted by molar-refractivity contribution is -0.143. The van der Waals surface area contributed by atoms with Crippen molar-refractivity contribution in [1.82, 2.24) is 5.32 Å². The maximum absolute atomic E-state index is 12.5. The first-order valence-electron chi connectivity index (χ1n) is 39.3. The van der Waals surface area contributed by atoms with Gasteiger partial charge in [0.25, 0.3) is 0 Å². The first-order valence-corrected chi connectivity index (χ1v) is 39.3. The van der Waals surface area contributed by atoms with Gasteiger partial charge in [0, 0.05) is 12.8 Å². The highest BCUT2D eigenvalue weighted by molar-refractivity contribution is 5.76. The van der Waals surface area contributed by atoms with E-state index in [0.717, 1.165) is 44.9 Å². The molecule has 0 aliphatic rings. The van der Waals surface area contributed by atoms with E-state index in [9.17, 15) is 19.8 Å². The number of esters is 1. The molecule has 0 aliphatic carbocycles. The summed E-state index contributed by atoms with van der Waals surface area (Å²) in [6.07, 6.45) is 98.4. The van der Waals surface area contributed by atoms with Gasteiger partial charge in [0.1, 0.15) is 0 Å². The van der Waals surface area contributed by atoms with Gasteiger partial charge in [0.05, 0.1) is 25.4 Å². The van der Waals surface area contributed by atoms with Crippen molar-refractivity contribution in [3.05, 3.63) is 36.5 Å². The van der Waals surface area contributed by atoms with Gasteiger partial charge in [0.2, 0.25) is 5.91 Å². The number of carbonyl (C=O) groups excluding carboxylic acids is 2. The summed E-state index contributed by atoms with van der Waals surface area (Å²) < 4.78 is 5.50. The van der Waals surface area contributed by atoms with Gasteiger partial charge in [-0.05, 0) is 83.5 Å². The van der Waals surface area contributed by atoms with E-state index in [1.807, 2.05) is 6.08 Å². The fourth-order valence-electron chi connectivity index (χ4n) is 12.4. The highest BCUT2D eigenvalue weighted by Crippen LogP contribution is 2.19. The molecule has 0 aromatic heterocycles. The molecular weight excluding hydrogens is 1050 g/mol. The summed E-state index contributed by atoms with van der Waals surface area (Å²) in [4.78, 5) is 24.6. The molecule has 508 valence electrons. The summed E-state index contributed by atoms with van der Waals surface area (Å²) in [6.45, 7) is 4.94. The van der Waals surface area contributed by atoms with E-state index in [1.54, 1.807) is 6.08 Å². The molecule has 0 aromatic rings. The summed E-state index contributed by atoms with van der Waals surface area (Å²) in [5.41, 5.74) is 0. The summed E-state index contributed by atoms with van der Waals surface area (Å²) in [5, 5.41) is 23.2. The maximum Gasteiger partial charge on any atom is 0.305 e. The van der Waals surface area contributed by atoms with Crippen LogP contribution in [0.4, 0.5) is 0 Å². The van der Waals surface area contributed by atoms with Crippen molar-refractivity contribution in [3.8, 4) is 0 Å². The third-order valence-corrected chi connectivity index (χ3v) is 18.4. The number of rotatable bonds is 74. The molecule has 3 N–H and O–H groups in total. The number of unbranched alkanes of at least 4 members (excludes halogenated alkanes) is 59. The fraction of sp³-hybridized carbons (Fsp3) is 0.900. The normalized spacial score (nSPS) is 12.7. The quantitative estimate of drug-likeness (QED) is 0.0320. The number of hydrogen-bond acceptors (Lipinski definition) is 5. The Bertz CT molecular complexity index is 1390. The molecule has 0 bridgehead atoms. The lowest BCUT2D eigenvalue weighted by Gasteiger charge is -2.20. The molecule has 2 atom stereocenters. The number of hydrogen-bond donors (Lipinski definition) is 3. The van der Waals surface area contributed by atoms with E-state index in [2.05, 4.69) is 43.5 Å². The Balaban J connectivity index is 3.34. The van der Waals surface area contributed by atoms with Crippen molar-refractivity contribution in [3.63, 3.8) is 0 Å². The number of amides is 1. The molecule has 0 spiro atoms. The van der Waals surface area contributed by atoms with Crippen molar-refractivity contribution >= 4 is 11.9 Å². The molecule has 0 radical (unpaired) electrons. The number of aliphatic hydroxyl groups excluding tert-OH is 2. The largest absolute Gasteiger partial charge is 0.466 e. The lowest BCUT2D eigenvalue weighted by Crippen LogP contribution is -2.45. The Morgan fingerprint density at radius 1 is 0.314 bits per heavy atom. The standard InChI is InChI=1S/C80H153NO5/c1-3-5-7-9-11-13-15-17-19-41-45-48-52-56-60-64-68-72-78(83)77(76-82)81-79(84)73-69-65-61-57-53-49-46-42-39-37-35-33-31-29-27-25-23-21-20-22-24-26-28-30-32-34-36-38-40-43-47-51-55-59-63-67-71-75-86-80(85)74-70-66-62-58-54-50-44-18-16-14-12-10-8-6-4-2/h18,20,22,44,68,72,77-78,82-83H,3-17,19,21,23-43,45-67,69-71,73-76H2,1-2H3,(H,81,84)/b22-20-,44-18-,72-68+. The Morgan fingerprint density at radius 3 is 0.826 bits per heavy atom. The van der Waals surface area contributed by atoms with E-state index >= 15 is 0 Å². The number of aliphatic hydroxyl groups is 2. The summed E-state index contributed by atoms with van der Waals surface area (Å²) >= 11 is 0. The molecule has 6 heteroatoms. The van der Waals surface area contributed by atoms with Crippen LogP contribution in [0.5, 0.6) is 0 Å². The van der Waals surface area contributed by atoms with Crippen molar-refractivity contribution in [2.24, 2.45) is 0 Å². The first-order chi connectivity index (χ1) is 42.5. The molecular formula is C80H153NO5. The van der Waals surface area contributed by atoms with Gasteiger partial charge in [-0.3, -0.25) is 9.59 Å². The topological polar surface area (TPSA) is 95.9 Å². The van der Waals surface area contributed by atoms with Crippen LogP contribution in [0.2, 0.25) is 0 Å². The molecule has 1 amide bonds. The second kappa shape index (κ2) is 75.5. The average molecular weight is 1210 g/mol. The van der Waals surface area contributed by atoms with Crippen molar-refractivity contribution < 1.29 is 24.5 Å². The van der Waals surface area contributed by atoms with Crippen molar-refractivity contribution in [2.45, 2.75) is 450 Å². The third kappa shape index (κ3) is 71.2. The van der Waals surface area contributed by atoms with Crippen LogP contribution >= 0.6 is 0 Å². The number of ether oxygens (including phenoxy) is 1. The van der Waals surface area contributed by atoms with Crippen LogP contribution in [0, 0.1) is 0 Å². The summed E-state index contributed by atoms with van der Waals surface area (Å²) in [7, 11) is 0. The predicted molar refractivity (Wildman–Crippen MR) is 379 cm³/mol. The minimum absolute atomic E-state index is 0.0139. The minimum Gasteiger partial charge on any atom is -0.466 e. The van der Waals surface area contributed by atoms with Crippen LogP contribution in [0.25, 0.3) is 0 Å². The molecule has 0 saturated carbocycles. The van der Waals surface area contributed by atoms with E-state index in [0.29, 0.717) is 19.4 Å². The first kappa shape index (κ1) is 84.1. The van der Waals surface area contributed by atoms with Crippen LogP contribution in [0.3, 0.4) is 0 Å². The van der Waals surface area contributed by atoms with Crippen LogP contribution in [0.1, 0.15) is 438 Å². The number of allylic oxidation sites excluding steroid dienone is 5. The molecule has 0 saturated heterocycles. The van der Waals surface area contributed by atoms with Crippen LogP contribution in [0.15, 0.2) is 36.5 Å². The molecule has 2 unspecified atom stereocenters. The lowest BCUT2D eigenvalue weighted by atomic mass is 10.0. The van der Waals surface area contributed by atoms with E-state index in [4.69, 9.17) is 4.74 Å². The predicted octanol–water partition coefficient (Wildman–Crippen LogP) is 25.8. The Hall–Kier alpha value is -1.92. The van der Waals surface area contributed by atoms with Gasteiger partial charge < -0.3 is 20.3 Å². The second-order valence-corrected chi connectivity index (χ2v) is 27.0. The number of carbonyl (C=O) groups is 2. The van der Waals surface area contributed by atoms with E-state index < -0.39 is 12.1 Å². The monoisotopic (exact) mass is 1210 g/mol. The highest BCUT2D eigenvalue weighted by Gasteiger charge is 2.18. The fourth-order valence-corrected chi connectivity index (χ4v) is 12.4. The summed E-state index contributed by atoms with van der Waals surface area (Å²) in [6, 6.07) is -0.625. The van der Waals surface area contributed by atoms with Gasteiger partial charge in [-0.25, -0.2) is 0 Å². The zero-order valence-electron chi connectivity index (χ0n) is 58.3. The van der Waals surface area contributed by atoms with Crippen molar-refractivity contribution in [2.75, 3.05) is 13.2 Å². The zero-order valence-corrected chi connectivity index (χ0v) is 58.3. The highest BCUT2D eigenvalue weighted by atomic mass is 16.5. The van der Waals surface area contributed by atoms with Gasteiger partial charge >= 0.3 is 5.97 Å². The van der Waals surface area contributed by atoms with Gasteiger partial charge in [-0.2, -0.15) is 0 Å². The average Bonchev–Trinajstić information content (AvgIpc) is 3.59. The third-order valence-electron chi connectivity index (χ3n) is 18.4. The second-order valence-electron chi connectivity index (χ2n) is 27.0. The Labute approximate surface area is 538 Å². The van der Waals surface area contributed by atoms with Crippen LogP contribution < -0.4 is 5.32 Å². The molecule has 0 aromatic carbocycles. The summed E-state index contributed by atoms with van der Waals surface area (Å²) in [5.74, 6) is -0.0467. The number of nitrogens with one attached hydrogen (secondary N) is 1. The smallest absolute Gasteiger partial charge is 0.305 e. The minimum atomic E-state index is -0.842. The SMILES string of the molecule is CCCCCCCC/C=C\CCCCCCCC(=O)OCCCCCCCCCCCCCCCCCC/C=C\CCCCCCCCCCCCCCCCCCCC(=O)NC(CO)C(O)/C=C/CCCCCCCCCCCCCCCCC. The van der Waals surface area contributed by atoms with Crippen LogP contribution in [-0.2, 0) is 14.3 Å². The Kier molecular flexibility index (Phi) is 73.9. The molecule has 0 heterocycles. The zero-order chi connectivity index (χ0) is 62.0. The molecule has 0 rings (SSSR count). The molecule has 0 fully saturated rings. The van der Waals surface area contributed by atoms with E-state index in [-0.39, 0.29) is 18.5 Å². The van der Waals surface area contributed by atoms with Gasteiger partial charge in [-0.15, -0.1) is 0 Å². The van der Waals surface area contributed by atoms with E-state index in [1.165, 1.54) is 366 Å². The molecule has 86 heavy (non-hydrogen) atoms. The molecule has 6 nitrogen and oxygen atoms in total. The van der Waals surface area contributed by atoms with Gasteiger partial charge in [0.15, 0.2) is 0 Å². The van der Waals surface area contributed by atoms with Crippen LogP contribution in [-0.4, -0.2) is 47.4 Å². The van der Waals surface area contributed by atoms with Gasteiger partial charge in [-0.1, -0.05) is 378 Å².